The largest absolute Gasteiger partial charge is 0.423 e. The fourth-order valence-electron chi connectivity index (χ4n) is 3.38. The summed E-state index contributed by atoms with van der Waals surface area (Å²) in [5, 5.41) is 0.965. The summed E-state index contributed by atoms with van der Waals surface area (Å²) in [5.41, 5.74) is 4.16. The molecule has 1 aliphatic rings. The number of aryl methyl sites for hydroxylation is 1. The van der Waals surface area contributed by atoms with Crippen molar-refractivity contribution >= 4 is 16.7 Å². The van der Waals surface area contributed by atoms with Crippen molar-refractivity contribution in [3.05, 3.63) is 76.1 Å². The molecule has 0 radical (unpaired) electrons. The van der Waals surface area contributed by atoms with E-state index in [0.717, 1.165) is 38.1 Å². The van der Waals surface area contributed by atoms with Crippen LogP contribution in [0, 0.1) is 6.92 Å². The highest BCUT2D eigenvalue weighted by Gasteiger charge is 2.17. The molecule has 1 saturated heterocycles. The first kappa shape index (κ1) is 15.9. The van der Waals surface area contributed by atoms with Gasteiger partial charge in [0.15, 0.2) is 0 Å². The molecule has 1 aliphatic heterocycles. The normalized spacial score (nSPS) is 15.6. The first-order valence-electron chi connectivity index (χ1n) is 8.74. The molecule has 4 heteroatoms. The molecule has 0 N–H and O–H groups in total. The zero-order valence-corrected chi connectivity index (χ0v) is 14.4. The molecule has 4 rings (SSSR count). The van der Waals surface area contributed by atoms with E-state index in [1.54, 1.807) is 0 Å². The second-order valence-electron chi connectivity index (χ2n) is 6.73. The highest BCUT2D eigenvalue weighted by Crippen LogP contribution is 2.19. The van der Waals surface area contributed by atoms with Crippen LogP contribution in [0.4, 0.5) is 5.69 Å². The van der Waals surface area contributed by atoms with Gasteiger partial charge in [0.05, 0.1) is 0 Å². The van der Waals surface area contributed by atoms with Crippen molar-refractivity contribution in [3.63, 3.8) is 0 Å². The quantitative estimate of drug-likeness (QED) is 0.688. The Morgan fingerprint density at radius 2 is 1.64 bits per heavy atom. The van der Waals surface area contributed by atoms with Crippen LogP contribution < -0.4 is 10.5 Å². The van der Waals surface area contributed by atoms with Crippen LogP contribution in [-0.2, 0) is 6.54 Å². The van der Waals surface area contributed by atoms with E-state index in [1.807, 2.05) is 18.2 Å². The summed E-state index contributed by atoms with van der Waals surface area (Å²) in [6.07, 6.45) is 0. The van der Waals surface area contributed by atoms with Crippen LogP contribution in [-0.4, -0.2) is 31.1 Å². The topological polar surface area (TPSA) is 36.7 Å². The lowest BCUT2D eigenvalue weighted by molar-refractivity contribution is 0.250. The Morgan fingerprint density at radius 3 is 2.40 bits per heavy atom. The summed E-state index contributed by atoms with van der Waals surface area (Å²) in [7, 11) is 0. The molecule has 2 heterocycles. The van der Waals surface area contributed by atoms with Gasteiger partial charge < -0.3 is 9.32 Å². The molecule has 0 bridgehead atoms. The van der Waals surface area contributed by atoms with Gasteiger partial charge >= 0.3 is 5.63 Å². The van der Waals surface area contributed by atoms with E-state index >= 15 is 0 Å². The number of hydrogen-bond acceptors (Lipinski definition) is 4. The maximum atomic E-state index is 11.4. The monoisotopic (exact) mass is 334 g/mol. The van der Waals surface area contributed by atoms with Crippen molar-refractivity contribution in [2.45, 2.75) is 13.5 Å². The van der Waals surface area contributed by atoms with E-state index in [4.69, 9.17) is 4.42 Å². The zero-order valence-electron chi connectivity index (χ0n) is 14.4. The molecule has 128 valence electrons. The van der Waals surface area contributed by atoms with Gasteiger partial charge in [0.1, 0.15) is 5.58 Å². The van der Waals surface area contributed by atoms with Crippen LogP contribution in [0.3, 0.4) is 0 Å². The molecule has 0 spiro atoms. The summed E-state index contributed by atoms with van der Waals surface area (Å²) in [6, 6.07) is 18.2. The summed E-state index contributed by atoms with van der Waals surface area (Å²) in [6.45, 7) is 7.14. The fourth-order valence-corrected chi connectivity index (χ4v) is 3.38. The Kier molecular flexibility index (Phi) is 4.28. The molecule has 0 aliphatic carbocycles. The van der Waals surface area contributed by atoms with Crippen LogP contribution in [0.2, 0.25) is 0 Å². The zero-order chi connectivity index (χ0) is 17.2. The van der Waals surface area contributed by atoms with Crippen LogP contribution in [0.25, 0.3) is 11.0 Å². The van der Waals surface area contributed by atoms with Gasteiger partial charge in [-0.25, -0.2) is 4.79 Å². The third-order valence-electron chi connectivity index (χ3n) is 4.87. The van der Waals surface area contributed by atoms with Gasteiger partial charge in [-0.05, 0) is 36.8 Å². The molecule has 2 aromatic carbocycles. The van der Waals surface area contributed by atoms with Gasteiger partial charge in [-0.15, -0.1) is 0 Å². The minimum atomic E-state index is -0.295. The summed E-state index contributed by atoms with van der Waals surface area (Å²) < 4.78 is 5.29. The van der Waals surface area contributed by atoms with Gasteiger partial charge in [-0.3, -0.25) is 4.90 Å². The average Bonchev–Trinajstić information content (AvgIpc) is 2.63. The molecule has 3 aromatic rings. The SMILES string of the molecule is Cc1ccc(N2CCN(Cc3ccc4ccc(=O)oc4c3)CC2)cc1. The molecule has 0 atom stereocenters. The van der Waals surface area contributed by atoms with Crippen molar-refractivity contribution in [1.29, 1.82) is 0 Å². The molecule has 1 aromatic heterocycles. The minimum absolute atomic E-state index is 0.295. The van der Waals surface area contributed by atoms with Gasteiger partial charge in [-0.1, -0.05) is 29.8 Å². The van der Waals surface area contributed by atoms with Crippen LogP contribution in [0.1, 0.15) is 11.1 Å². The second-order valence-corrected chi connectivity index (χ2v) is 6.73. The predicted octanol–water partition coefficient (Wildman–Crippen LogP) is 3.42. The Bertz CT molecular complexity index is 923. The second kappa shape index (κ2) is 6.73. The Morgan fingerprint density at radius 1 is 0.920 bits per heavy atom. The van der Waals surface area contributed by atoms with E-state index in [-0.39, 0.29) is 5.63 Å². The van der Waals surface area contributed by atoms with E-state index in [1.165, 1.54) is 22.9 Å². The van der Waals surface area contributed by atoms with Crippen molar-refractivity contribution in [2.75, 3.05) is 31.1 Å². The first-order chi connectivity index (χ1) is 12.2. The third-order valence-corrected chi connectivity index (χ3v) is 4.87. The molecule has 25 heavy (non-hydrogen) atoms. The van der Waals surface area contributed by atoms with Crippen LogP contribution >= 0.6 is 0 Å². The van der Waals surface area contributed by atoms with Crippen LogP contribution in [0.5, 0.6) is 0 Å². The maximum absolute atomic E-state index is 11.4. The molecular formula is C21H22N2O2. The summed E-state index contributed by atoms with van der Waals surface area (Å²) >= 11 is 0. The van der Waals surface area contributed by atoms with Gasteiger partial charge in [0.2, 0.25) is 0 Å². The lowest BCUT2D eigenvalue weighted by Gasteiger charge is -2.36. The van der Waals surface area contributed by atoms with Crippen LogP contribution in [0.15, 0.2) is 63.8 Å². The number of anilines is 1. The average molecular weight is 334 g/mol. The maximum Gasteiger partial charge on any atom is 0.336 e. The number of piperazine rings is 1. The Hall–Kier alpha value is -2.59. The number of rotatable bonds is 3. The molecule has 0 amide bonds. The highest BCUT2D eigenvalue weighted by molar-refractivity contribution is 5.76. The van der Waals surface area contributed by atoms with Crippen molar-refractivity contribution in [1.82, 2.24) is 4.90 Å². The molecule has 0 unspecified atom stereocenters. The smallest absolute Gasteiger partial charge is 0.336 e. The van der Waals surface area contributed by atoms with Gasteiger partial charge in [0, 0.05) is 49.9 Å². The lowest BCUT2D eigenvalue weighted by atomic mass is 10.1. The lowest BCUT2D eigenvalue weighted by Crippen LogP contribution is -2.45. The Labute approximate surface area is 147 Å². The standard InChI is InChI=1S/C21H22N2O2/c1-16-2-7-19(8-3-16)23-12-10-22(11-13-23)15-17-4-5-18-6-9-21(24)25-20(18)14-17/h2-9,14H,10-13,15H2,1H3. The van der Waals surface area contributed by atoms with E-state index < -0.39 is 0 Å². The molecule has 0 saturated carbocycles. The van der Waals surface area contributed by atoms with Gasteiger partial charge in [0.25, 0.3) is 0 Å². The Balaban J connectivity index is 1.41. The molecular weight excluding hydrogens is 312 g/mol. The fraction of sp³-hybridized carbons (Fsp3) is 0.286. The van der Waals surface area contributed by atoms with E-state index in [2.05, 4.69) is 47.1 Å². The first-order valence-corrected chi connectivity index (χ1v) is 8.74. The molecule has 4 nitrogen and oxygen atoms in total. The predicted molar refractivity (Wildman–Crippen MR) is 101 cm³/mol. The van der Waals surface area contributed by atoms with Crippen molar-refractivity contribution < 1.29 is 4.42 Å². The van der Waals surface area contributed by atoms with Gasteiger partial charge in [-0.2, -0.15) is 0 Å². The summed E-state index contributed by atoms with van der Waals surface area (Å²) in [5.74, 6) is 0. The number of hydrogen-bond donors (Lipinski definition) is 0. The highest BCUT2D eigenvalue weighted by atomic mass is 16.4. The van der Waals surface area contributed by atoms with Crippen molar-refractivity contribution in [2.24, 2.45) is 0 Å². The van der Waals surface area contributed by atoms with E-state index in [0.29, 0.717) is 5.58 Å². The molecule has 1 fully saturated rings. The number of benzene rings is 2. The minimum Gasteiger partial charge on any atom is -0.423 e. The number of nitrogens with zero attached hydrogens (tertiary/aromatic N) is 2. The number of fused-ring (bicyclic) bond motifs is 1. The van der Waals surface area contributed by atoms with Crippen molar-refractivity contribution in [3.8, 4) is 0 Å². The third kappa shape index (κ3) is 3.59. The summed E-state index contributed by atoms with van der Waals surface area (Å²) in [4.78, 5) is 16.3. The van der Waals surface area contributed by atoms with E-state index in [9.17, 15) is 4.79 Å².